The number of amides is 1. The van der Waals surface area contributed by atoms with Crippen molar-refractivity contribution in [3.8, 4) is 0 Å². The maximum atomic E-state index is 12.9. The first kappa shape index (κ1) is 22.5. The molecular formula is C18H30Cl2NOSiTi. The van der Waals surface area contributed by atoms with Crippen molar-refractivity contribution in [2.24, 2.45) is 17.8 Å². The number of rotatable bonds is 5. The summed E-state index contributed by atoms with van der Waals surface area (Å²) >= 11 is -1.55. The van der Waals surface area contributed by atoms with Crippen LogP contribution >= 0.6 is 0 Å². The van der Waals surface area contributed by atoms with Crippen LogP contribution in [0.25, 0.3) is 0 Å². The molecule has 3 aliphatic rings. The van der Waals surface area contributed by atoms with Crippen molar-refractivity contribution in [2.75, 3.05) is 0 Å². The fourth-order valence-electron chi connectivity index (χ4n) is 4.75. The summed E-state index contributed by atoms with van der Waals surface area (Å²) in [7, 11) is 0. The van der Waals surface area contributed by atoms with Crippen LogP contribution in [0.5, 0.6) is 0 Å². The van der Waals surface area contributed by atoms with E-state index in [4.69, 9.17) is 0 Å². The van der Waals surface area contributed by atoms with Crippen molar-refractivity contribution in [3.05, 3.63) is 21.1 Å². The molecule has 3 rings (SSSR count). The number of fused-ring (bicyclic) bond motifs is 2. The Morgan fingerprint density at radius 1 is 1.29 bits per heavy atom. The zero-order valence-electron chi connectivity index (χ0n) is 15.3. The zero-order valence-corrected chi connectivity index (χ0v) is 19.5. The summed E-state index contributed by atoms with van der Waals surface area (Å²) < 4.78 is 5.29. The summed E-state index contributed by atoms with van der Waals surface area (Å²) in [5.74, 6) is 2.37. The Labute approximate surface area is 167 Å². The normalized spacial score (nSPS) is 27.7. The minimum Gasteiger partial charge on any atom is -1.00 e. The molecule has 135 valence electrons. The summed E-state index contributed by atoms with van der Waals surface area (Å²) in [5.41, 5.74) is 3.08. The van der Waals surface area contributed by atoms with Crippen LogP contribution in [0.1, 0.15) is 52.4 Å². The van der Waals surface area contributed by atoms with Gasteiger partial charge in [-0.1, -0.05) is 0 Å². The van der Waals surface area contributed by atoms with Crippen molar-refractivity contribution in [1.29, 1.82) is 0 Å². The largest absolute Gasteiger partial charge is 1.00 e. The second-order valence-corrected chi connectivity index (χ2v) is 20.6. The van der Waals surface area contributed by atoms with Crippen molar-refractivity contribution >= 4 is 12.6 Å². The maximum Gasteiger partial charge on any atom is -1.00 e. The van der Waals surface area contributed by atoms with Gasteiger partial charge in [0.15, 0.2) is 0 Å². The summed E-state index contributed by atoms with van der Waals surface area (Å²) in [4.78, 5) is 12.9. The topological polar surface area (TPSA) is 29.1 Å². The van der Waals surface area contributed by atoms with Crippen molar-refractivity contribution < 1.29 is 47.0 Å². The smallest absolute Gasteiger partial charge is 1.00 e. The van der Waals surface area contributed by atoms with E-state index in [-0.39, 0.29) is 24.8 Å². The molecule has 2 bridgehead atoms. The standard InChI is InChI=1S/C8H13NO.C8H11.C2H7Si.2ClH.Ti/c9-8(10)7-4-5-1-2-6(7)3-5;1-3-8-6-4-5-7(8)2;1-3-2;;;/h5-7H,1-4H2,(H2,9,10);6H,3,5H2,1-2H3;3H,1-2H3;2*1H;/q;;;;;+3/p-3. The summed E-state index contributed by atoms with van der Waals surface area (Å²) in [5, 5.41) is 0. The molecule has 2 saturated carbocycles. The van der Waals surface area contributed by atoms with Gasteiger partial charge in [0, 0.05) is 0 Å². The van der Waals surface area contributed by atoms with Crippen molar-refractivity contribution in [3.63, 3.8) is 0 Å². The monoisotopic (exact) mass is 422 g/mol. The molecule has 1 N–H and O–H groups in total. The van der Waals surface area contributed by atoms with Crippen LogP contribution in [0.4, 0.5) is 0 Å². The zero-order chi connectivity index (χ0) is 15.9. The van der Waals surface area contributed by atoms with E-state index in [1.54, 1.807) is 9.45 Å². The van der Waals surface area contributed by atoms with Crippen LogP contribution in [0.3, 0.4) is 0 Å². The molecule has 0 radical (unpaired) electrons. The average molecular weight is 423 g/mol. The van der Waals surface area contributed by atoms with Gasteiger partial charge in [-0.2, -0.15) is 0 Å². The molecule has 3 atom stereocenters. The third kappa shape index (κ3) is 4.59. The molecular weight excluding hydrogens is 393 g/mol. The maximum absolute atomic E-state index is 12.9. The van der Waals surface area contributed by atoms with E-state index >= 15 is 0 Å². The summed E-state index contributed by atoms with van der Waals surface area (Å²) in [6.07, 6.45) is 9.94. The second-order valence-electron chi connectivity index (χ2n) is 7.84. The molecule has 0 heterocycles. The van der Waals surface area contributed by atoms with Gasteiger partial charge in [-0.25, -0.2) is 0 Å². The summed E-state index contributed by atoms with van der Waals surface area (Å²) in [6, 6.07) is 0. The van der Waals surface area contributed by atoms with Gasteiger partial charge in [0.1, 0.15) is 0 Å². The number of carbonyl (C=O) groups is 1. The van der Waals surface area contributed by atoms with Gasteiger partial charge in [-0.15, -0.1) is 0 Å². The molecule has 6 heteroatoms. The molecule has 24 heavy (non-hydrogen) atoms. The van der Waals surface area contributed by atoms with E-state index in [2.05, 4.69) is 36.8 Å². The van der Waals surface area contributed by atoms with E-state index < -0.39 is 24.0 Å². The first-order valence-corrected chi connectivity index (χ1v) is 16.2. The van der Waals surface area contributed by atoms with Gasteiger partial charge < -0.3 is 24.8 Å². The predicted octanol–water partition coefficient (Wildman–Crippen LogP) is -1.92. The fraction of sp³-hybridized carbons (Fsp3) is 0.722. The molecule has 0 aromatic rings. The Balaban J connectivity index is 0.00000144. The first-order valence-electron chi connectivity index (χ1n) is 9.06. The number of carbonyl (C=O) groups excluding carboxylic acids is 1. The van der Waals surface area contributed by atoms with E-state index in [0.29, 0.717) is 17.7 Å². The fourth-order valence-corrected chi connectivity index (χ4v) is 14.1. The Morgan fingerprint density at radius 3 is 2.46 bits per heavy atom. The number of allylic oxidation sites excluding steroid dienone is 4. The van der Waals surface area contributed by atoms with E-state index in [1.807, 2.05) is 0 Å². The third-order valence-corrected chi connectivity index (χ3v) is 17.1. The van der Waals surface area contributed by atoms with Gasteiger partial charge in [0.05, 0.1) is 0 Å². The quantitative estimate of drug-likeness (QED) is 0.514. The molecule has 0 aliphatic heterocycles. The van der Waals surface area contributed by atoms with Crippen LogP contribution in [-0.4, -0.2) is 12.6 Å². The molecule has 2 fully saturated rings. The Hall–Kier alpha value is 0.461. The first-order chi connectivity index (χ1) is 10.5. The van der Waals surface area contributed by atoms with Gasteiger partial charge >= 0.3 is 143 Å². The van der Waals surface area contributed by atoms with Gasteiger partial charge in [-0.05, 0) is 0 Å². The van der Waals surface area contributed by atoms with Crippen LogP contribution < -0.4 is 28.6 Å². The Morgan fingerprint density at radius 2 is 2.00 bits per heavy atom. The van der Waals surface area contributed by atoms with Crippen molar-refractivity contribution in [2.45, 2.75) is 65.5 Å². The molecule has 0 saturated heterocycles. The van der Waals surface area contributed by atoms with Crippen LogP contribution in [-0.2, 0) is 22.2 Å². The summed E-state index contributed by atoms with van der Waals surface area (Å²) in [6.45, 7) is 8.62. The third-order valence-electron chi connectivity index (χ3n) is 5.99. The molecule has 2 nitrogen and oxygen atoms in total. The van der Waals surface area contributed by atoms with Gasteiger partial charge in [-0.3, -0.25) is 0 Å². The van der Waals surface area contributed by atoms with Crippen LogP contribution in [0.15, 0.2) is 21.1 Å². The number of halogens is 2. The molecule has 3 unspecified atom stereocenters. The molecule has 0 aromatic carbocycles. The number of hydrogen-bond donors (Lipinski definition) is 1. The minimum atomic E-state index is -1.55. The van der Waals surface area contributed by atoms with E-state index in [9.17, 15) is 4.79 Å². The van der Waals surface area contributed by atoms with E-state index in [0.717, 1.165) is 18.8 Å². The van der Waals surface area contributed by atoms with Crippen molar-refractivity contribution in [1.82, 2.24) is 3.80 Å². The predicted molar refractivity (Wildman–Crippen MR) is 91.6 cm³/mol. The van der Waals surface area contributed by atoms with Gasteiger partial charge in [0.25, 0.3) is 0 Å². The van der Waals surface area contributed by atoms with E-state index in [1.165, 1.54) is 31.3 Å². The number of nitrogens with one attached hydrogen (secondary N) is 1. The van der Waals surface area contributed by atoms with Gasteiger partial charge in [0.2, 0.25) is 0 Å². The van der Waals surface area contributed by atoms with Crippen LogP contribution in [0.2, 0.25) is 13.1 Å². The Bertz CT molecular complexity index is 535. The molecule has 3 aliphatic carbocycles. The molecule has 0 spiro atoms. The molecule has 0 aromatic heterocycles. The molecule has 1 amide bonds. The SMILES string of the molecule is CCC1=C(C)C[C]([Ti+2]([NH]C(=O)C2CC3CCC2C3)[SiH](C)C)=C1.[Cl-].[Cl-]. The van der Waals surface area contributed by atoms with Crippen LogP contribution in [0, 0.1) is 17.8 Å². The second kappa shape index (κ2) is 9.41. The number of hydrogen-bond acceptors (Lipinski definition) is 1. The Kier molecular flexibility index (Phi) is 8.83. The minimum absolute atomic E-state index is 0. The average Bonchev–Trinajstić information content (AvgIpc) is 3.18.